The largest absolute Gasteiger partial charge is 0.508 e. The van der Waals surface area contributed by atoms with Gasteiger partial charge in [-0.25, -0.2) is 0 Å². The van der Waals surface area contributed by atoms with Gasteiger partial charge < -0.3 is 14.7 Å². The van der Waals surface area contributed by atoms with E-state index in [0.29, 0.717) is 0 Å². The molecule has 0 saturated heterocycles. The first-order valence-corrected chi connectivity index (χ1v) is 9.40. The Morgan fingerprint density at radius 3 is 2.52 bits per heavy atom. The molecule has 0 amide bonds. The van der Waals surface area contributed by atoms with Crippen molar-refractivity contribution in [2.75, 3.05) is 18.6 Å². The average molecular weight is 380 g/mol. The zero-order valence-corrected chi connectivity index (χ0v) is 16.2. The van der Waals surface area contributed by atoms with Crippen molar-refractivity contribution in [3.8, 4) is 11.5 Å². The van der Waals surface area contributed by atoms with Crippen LogP contribution in [-0.2, 0) is 12.0 Å². The standard InChI is InChI=1S/C23H22ClNO2/c1-23(17-6-8-20(26)9-7-17)22-11-10-21(27-2)14-16(22)12-13-25(23)19-5-3-4-18(24)15-19/h3-11,14-15,26H,12-13H2,1-2H3. The van der Waals surface area contributed by atoms with Gasteiger partial charge in [0.2, 0.25) is 0 Å². The van der Waals surface area contributed by atoms with Crippen LogP contribution in [0.4, 0.5) is 5.69 Å². The van der Waals surface area contributed by atoms with Crippen LogP contribution in [0.2, 0.25) is 5.02 Å². The van der Waals surface area contributed by atoms with Gasteiger partial charge in [-0.05, 0) is 72.5 Å². The molecule has 1 N–H and O–H groups in total. The van der Waals surface area contributed by atoms with E-state index in [1.807, 2.05) is 36.4 Å². The van der Waals surface area contributed by atoms with Gasteiger partial charge in [-0.15, -0.1) is 0 Å². The predicted octanol–water partition coefficient (Wildman–Crippen LogP) is 5.38. The van der Waals surface area contributed by atoms with Gasteiger partial charge >= 0.3 is 0 Å². The van der Waals surface area contributed by atoms with Gasteiger partial charge in [0.05, 0.1) is 12.6 Å². The quantitative estimate of drug-likeness (QED) is 0.663. The molecular weight excluding hydrogens is 358 g/mol. The van der Waals surface area contributed by atoms with Crippen molar-refractivity contribution in [3.05, 3.63) is 88.4 Å². The molecule has 0 spiro atoms. The number of phenolic OH excluding ortho intramolecular Hbond substituents is 1. The van der Waals surface area contributed by atoms with Crippen molar-refractivity contribution in [3.63, 3.8) is 0 Å². The minimum atomic E-state index is -0.391. The van der Waals surface area contributed by atoms with Crippen LogP contribution >= 0.6 is 11.6 Å². The van der Waals surface area contributed by atoms with Gasteiger partial charge in [0.25, 0.3) is 0 Å². The van der Waals surface area contributed by atoms with Crippen molar-refractivity contribution in [1.82, 2.24) is 0 Å². The number of ether oxygens (including phenoxy) is 1. The molecule has 0 bridgehead atoms. The van der Waals surface area contributed by atoms with Crippen LogP contribution in [0.15, 0.2) is 66.7 Å². The number of halogens is 1. The highest BCUT2D eigenvalue weighted by molar-refractivity contribution is 6.30. The molecule has 1 unspecified atom stereocenters. The Morgan fingerprint density at radius 1 is 1.04 bits per heavy atom. The maximum atomic E-state index is 9.77. The highest BCUT2D eigenvalue weighted by Gasteiger charge is 2.40. The highest BCUT2D eigenvalue weighted by Crippen LogP contribution is 2.44. The van der Waals surface area contributed by atoms with E-state index in [1.165, 1.54) is 11.1 Å². The molecule has 0 radical (unpaired) electrons. The Morgan fingerprint density at radius 2 is 1.81 bits per heavy atom. The molecule has 27 heavy (non-hydrogen) atoms. The van der Waals surface area contributed by atoms with Gasteiger partial charge in [0.1, 0.15) is 11.5 Å². The van der Waals surface area contributed by atoms with Gasteiger partial charge in [-0.1, -0.05) is 35.9 Å². The zero-order chi connectivity index (χ0) is 19.0. The minimum Gasteiger partial charge on any atom is -0.508 e. The summed E-state index contributed by atoms with van der Waals surface area (Å²) in [5.41, 5.74) is 4.33. The number of aromatic hydroxyl groups is 1. The number of phenols is 1. The SMILES string of the molecule is COc1ccc2c(c1)CCN(c1cccc(Cl)c1)C2(C)c1ccc(O)cc1. The summed E-state index contributed by atoms with van der Waals surface area (Å²) in [4.78, 5) is 2.39. The number of rotatable bonds is 3. The van der Waals surface area contributed by atoms with Crippen LogP contribution in [0.5, 0.6) is 11.5 Å². The lowest BCUT2D eigenvalue weighted by molar-refractivity contribution is 0.411. The molecule has 138 valence electrons. The van der Waals surface area contributed by atoms with Crippen molar-refractivity contribution >= 4 is 17.3 Å². The van der Waals surface area contributed by atoms with Crippen molar-refractivity contribution in [1.29, 1.82) is 0 Å². The molecule has 1 atom stereocenters. The van der Waals surface area contributed by atoms with Crippen molar-refractivity contribution in [2.45, 2.75) is 18.9 Å². The molecule has 1 aliphatic rings. The lowest BCUT2D eigenvalue weighted by Crippen LogP contribution is -2.49. The summed E-state index contributed by atoms with van der Waals surface area (Å²) in [5.74, 6) is 1.14. The fraction of sp³-hybridized carbons (Fsp3) is 0.217. The van der Waals surface area contributed by atoms with Crippen LogP contribution in [0.1, 0.15) is 23.6 Å². The monoisotopic (exact) mass is 379 g/mol. The maximum absolute atomic E-state index is 9.77. The van der Waals surface area contributed by atoms with Crippen LogP contribution in [0, 0.1) is 0 Å². The van der Waals surface area contributed by atoms with Crippen LogP contribution in [0.3, 0.4) is 0 Å². The Labute approximate surface area is 164 Å². The van der Waals surface area contributed by atoms with E-state index in [4.69, 9.17) is 16.3 Å². The van der Waals surface area contributed by atoms with E-state index in [1.54, 1.807) is 19.2 Å². The Bertz CT molecular complexity index is 970. The molecule has 1 heterocycles. The van der Waals surface area contributed by atoms with Gasteiger partial charge in [-0.2, -0.15) is 0 Å². The molecule has 3 nitrogen and oxygen atoms in total. The molecule has 3 aromatic carbocycles. The third-order valence-electron chi connectivity index (χ3n) is 5.53. The molecular formula is C23H22ClNO2. The van der Waals surface area contributed by atoms with E-state index in [-0.39, 0.29) is 5.75 Å². The number of nitrogens with zero attached hydrogens (tertiary/aromatic N) is 1. The summed E-state index contributed by atoms with van der Waals surface area (Å²) in [6.45, 7) is 3.09. The average Bonchev–Trinajstić information content (AvgIpc) is 2.68. The van der Waals surface area contributed by atoms with Crippen molar-refractivity contribution < 1.29 is 9.84 Å². The van der Waals surface area contributed by atoms with E-state index < -0.39 is 5.54 Å². The molecule has 0 aliphatic carbocycles. The van der Waals surface area contributed by atoms with E-state index in [2.05, 4.69) is 30.0 Å². The third kappa shape index (κ3) is 3.02. The molecule has 1 aliphatic heterocycles. The first-order chi connectivity index (χ1) is 13.0. The van der Waals surface area contributed by atoms with Gasteiger partial charge in [-0.3, -0.25) is 0 Å². The third-order valence-corrected chi connectivity index (χ3v) is 5.77. The zero-order valence-electron chi connectivity index (χ0n) is 15.4. The number of methoxy groups -OCH3 is 1. The molecule has 3 aromatic rings. The summed E-state index contributed by atoms with van der Waals surface area (Å²) < 4.78 is 5.43. The fourth-order valence-electron chi connectivity index (χ4n) is 4.11. The smallest absolute Gasteiger partial charge is 0.119 e. The topological polar surface area (TPSA) is 32.7 Å². The molecule has 0 saturated carbocycles. The summed E-state index contributed by atoms with van der Waals surface area (Å²) in [7, 11) is 1.70. The lowest BCUT2D eigenvalue weighted by Gasteiger charge is -2.48. The van der Waals surface area contributed by atoms with Gasteiger partial charge in [0.15, 0.2) is 0 Å². The Kier molecular flexibility index (Phi) is 4.48. The first-order valence-electron chi connectivity index (χ1n) is 9.02. The normalized spacial score (nSPS) is 18.9. The highest BCUT2D eigenvalue weighted by atomic mass is 35.5. The van der Waals surface area contributed by atoms with E-state index >= 15 is 0 Å². The second-order valence-electron chi connectivity index (χ2n) is 7.02. The second-order valence-corrected chi connectivity index (χ2v) is 7.46. The summed E-state index contributed by atoms with van der Waals surface area (Å²) in [6.07, 6.45) is 0.923. The first kappa shape index (κ1) is 17.7. The number of benzene rings is 3. The van der Waals surface area contributed by atoms with Crippen LogP contribution in [0.25, 0.3) is 0 Å². The van der Waals surface area contributed by atoms with Crippen molar-refractivity contribution in [2.24, 2.45) is 0 Å². The van der Waals surface area contributed by atoms with E-state index in [0.717, 1.165) is 35.0 Å². The number of fused-ring (bicyclic) bond motifs is 1. The number of hydrogen-bond acceptors (Lipinski definition) is 3. The molecule has 0 aromatic heterocycles. The van der Waals surface area contributed by atoms with Crippen LogP contribution < -0.4 is 9.64 Å². The summed E-state index contributed by atoms with van der Waals surface area (Å²) in [5, 5.41) is 10.5. The minimum absolute atomic E-state index is 0.266. The molecule has 0 fully saturated rings. The fourth-order valence-corrected chi connectivity index (χ4v) is 4.29. The Hall–Kier alpha value is -2.65. The number of hydrogen-bond donors (Lipinski definition) is 1. The van der Waals surface area contributed by atoms with E-state index in [9.17, 15) is 5.11 Å². The van der Waals surface area contributed by atoms with Gasteiger partial charge in [0, 0.05) is 17.3 Å². The maximum Gasteiger partial charge on any atom is 0.119 e. The number of anilines is 1. The second kappa shape index (κ2) is 6.82. The summed E-state index contributed by atoms with van der Waals surface area (Å²) in [6, 6.07) is 21.7. The lowest BCUT2D eigenvalue weighted by atomic mass is 9.76. The Balaban J connectivity index is 1.93. The summed E-state index contributed by atoms with van der Waals surface area (Å²) >= 11 is 6.29. The van der Waals surface area contributed by atoms with Crippen LogP contribution in [-0.4, -0.2) is 18.8 Å². The predicted molar refractivity (Wildman–Crippen MR) is 110 cm³/mol. The molecule has 4 rings (SSSR count). The molecule has 4 heteroatoms.